The molecule has 1 aliphatic rings. The summed E-state index contributed by atoms with van der Waals surface area (Å²) in [6.07, 6.45) is 2.14. The Balaban J connectivity index is 1.66. The number of piperidine rings is 1. The Morgan fingerprint density at radius 2 is 2.00 bits per heavy atom. The van der Waals surface area contributed by atoms with Gasteiger partial charge in [0.15, 0.2) is 0 Å². The lowest BCUT2D eigenvalue weighted by Gasteiger charge is -2.31. The fraction of sp³-hybridized carbons (Fsp3) is 0.562. The fourth-order valence-electron chi connectivity index (χ4n) is 2.51. The number of nitrogens with zero attached hydrogens (tertiary/aromatic N) is 1. The zero-order valence-corrected chi connectivity index (χ0v) is 12.9. The average Bonchev–Trinajstić information content (AvgIpc) is 2.49. The van der Waals surface area contributed by atoms with E-state index in [1.54, 1.807) is 18.9 Å². The smallest absolute Gasteiger partial charge is 0.232 e. The molecule has 4 heteroatoms. The van der Waals surface area contributed by atoms with Crippen molar-refractivity contribution < 1.29 is 9.53 Å². The van der Waals surface area contributed by atoms with Crippen LogP contribution in [0, 0.1) is 5.92 Å². The van der Waals surface area contributed by atoms with Gasteiger partial charge in [0.2, 0.25) is 5.91 Å². The van der Waals surface area contributed by atoms with Gasteiger partial charge in [0.05, 0.1) is 5.75 Å². The van der Waals surface area contributed by atoms with E-state index < -0.39 is 0 Å². The van der Waals surface area contributed by atoms with E-state index in [1.807, 2.05) is 23.1 Å². The molecule has 20 heavy (non-hydrogen) atoms. The van der Waals surface area contributed by atoms with Crippen LogP contribution in [0.3, 0.4) is 0 Å². The van der Waals surface area contributed by atoms with Crippen LogP contribution in [0.5, 0.6) is 0 Å². The van der Waals surface area contributed by atoms with E-state index in [0.717, 1.165) is 38.3 Å². The van der Waals surface area contributed by atoms with Gasteiger partial charge in [-0.05, 0) is 24.3 Å². The first kappa shape index (κ1) is 15.4. The predicted molar refractivity (Wildman–Crippen MR) is 83.8 cm³/mol. The molecule has 1 saturated heterocycles. The van der Waals surface area contributed by atoms with Gasteiger partial charge < -0.3 is 9.64 Å². The third-order valence-electron chi connectivity index (χ3n) is 3.71. The predicted octanol–water partition coefficient (Wildman–Crippen LogP) is 2.80. The van der Waals surface area contributed by atoms with Crippen LogP contribution in [0.15, 0.2) is 30.3 Å². The molecule has 1 aliphatic heterocycles. The number of benzene rings is 1. The first-order valence-corrected chi connectivity index (χ1v) is 8.33. The quantitative estimate of drug-likeness (QED) is 0.808. The van der Waals surface area contributed by atoms with Gasteiger partial charge in [-0.3, -0.25) is 4.79 Å². The van der Waals surface area contributed by atoms with Crippen LogP contribution >= 0.6 is 11.8 Å². The molecule has 1 amide bonds. The topological polar surface area (TPSA) is 29.5 Å². The zero-order valence-electron chi connectivity index (χ0n) is 12.1. The molecule has 0 atom stereocenters. The van der Waals surface area contributed by atoms with E-state index in [2.05, 4.69) is 12.1 Å². The maximum absolute atomic E-state index is 12.1. The number of methoxy groups -OCH3 is 1. The lowest BCUT2D eigenvalue weighted by Crippen LogP contribution is -2.40. The number of hydrogen-bond donors (Lipinski definition) is 0. The summed E-state index contributed by atoms with van der Waals surface area (Å²) in [7, 11) is 1.75. The summed E-state index contributed by atoms with van der Waals surface area (Å²) in [4.78, 5) is 14.1. The molecule has 1 heterocycles. The van der Waals surface area contributed by atoms with Crippen molar-refractivity contribution in [3.63, 3.8) is 0 Å². The fourth-order valence-corrected chi connectivity index (χ4v) is 3.39. The van der Waals surface area contributed by atoms with Crippen LogP contribution in [-0.2, 0) is 15.3 Å². The number of ether oxygens (including phenoxy) is 1. The molecule has 2 rings (SSSR count). The molecule has 0 saturated carbocycles. The Morgan fingerprint density at radius 1 is 1.30 bits per heavy atom. The molecule has 0 spiro atoms. The van der Waals surface area contributed by atoms with Crippen molar-refractivity contribution in [3.05, 3.63) is 35.9 Å². The molecule has 1 aromatic carbocycles. The number of rotatable bonds is 6. The minimum absolute atomic E-state index is 0.279. The summed E-state index contributed by atoms with van der Waals surface area (Å²) in [6, 6.07) is 10.3. The Morgan fingerprint density at radius 3 is 2.65 bits per heavy atom. The van der Waals surface area contributed by atoms with Gasteiger partial charge >= 0.3 is 0 Å². The molecule has 0 N–H and O–H groups in total. The Labute approximate surface area is 125 Å². The first-order valence-electron chi connectivity index (χ1n) is 7.18. The number of carbonyl (C=O) groups is 1. The molecule has 0 bridgehead atoms. The summed E-state index contributed by atoms with van der Waals surface area (Å²) in [6.45, 7) is 2.60. The van der Waals surface area contributed by atoms with Gasteiger partial charge in [-0.25, -0.2) is 0 Å². The Hall–Kier alpha value is -1.00. The van der Waals surface area contributed by atoms with E-state index in [0.29, 0.717) is 11.7 Å². The largest absolute Gasteiger partial charge is 0.384 e. The minimum Gasteiger partial charge on any atom is -0.384 e. The second-order valence-corrected chi connectivity index (χ2v) is 6.24. The number of likely N-dealkylation sites (tertiary alicyclic amines) is 1. The van der Waals surface area contributed by atoms with Crippen molar-refractivity contribution >= 4 is 17.7 Å². The highest BCUT2D eigenvalue weighted by atomic mass is 32.2. The van der Waals surface area contributed by atoms with Crippen LogP contribution in [0.2, 0.25) is 0 Å². The maximum atomic E-state index is 12.1. The first-order chi connectivity index (χ1) is 9.79. The van der Waals surface area contributed by atoms with E-state index >= 15 is 0 Å². The SMILES string of the molecule is COCC1CCN(C(=O)CSCc2ccccc2)CC1. The summed E-state index contributed by atoms with van der Waals surface area (Å²) in [5.74, 6) is 2.40. The van der Waals surface area contributed by atoms with E-state index in [4.69, 9.17) is 4.74 Å². The van der Waals surface area contributed by atoms with Gasteiger partial charge in [-0.2, -0.15) is 0 Å². The average molecular weight is 293 g/mol. The molecule has 110 valence electrons. The lowest BCUT2D eigenvalue weighted by molar-refractivity contribution is -0.129. The van der Waals surface area contributed by atoms with Crippen molar-refractivity contribution in [1.82, 2.24) is 4.90 Å². The van der Waals surface area contributed by atoms with E-state index in [1.165, 1.54) is 5.56 Å². The summed E-state index contributed by atoms with van der Waals surface area (Å²) < 4.78 is 5.18. The third-order valence-corrected chi connectivity index (χ3v) is 4.70. The molecular weight excluding hydrogens is 270 g/mol. The highest BCUT2D eigenvalue weighted by Gasteiger charge is 2.22. The van der Waals surface area contributed by atoms with Crippen molar-refractivity contribution in [1.29, 1.82) is 0 Å². The van der Waals surface area contributed by atoms with Crippen LogP contribution < -0.4 is 0 Å². The van der Waals surface area contributed by atoms with E-state index in [-0.39, 0.29) is 5.91 Å². The third kappa shape index (κ3) is 4.84. The molecule has 3 nitrogen and oxygen atoms in total. The molecule has 0 aliphatic carbocycles. The normalized spacial score (nSPS) is 16.4. The molecular formula is C16H23NO2S. The second-order valence-electron chi connectivity index (χ2n) is 5.26. The van der Waals surface area contributed by atoms with Gasteiger partial charge in [0.25, 0.3) is 0 Å². The van der Waals surface area contributed by atoms with Crippen molar-refractivity contribution in [2.45, 2.75) is 18.6 Å². The zero-order chi connectivity index (χ0) is 14.2. The summed E-state index contributed by atoms with van der Waals surface area (Å²) in [5.41, 5.74) is 1.28. The van der Waals surface area contributed by atoms with Crippen molar-refractivity contribution in [3.8, 4) is 0 Å². The van der Waals surface area contributed by atoms with Gasteiger partial charge in [0, 0.05) is 32.6 Å². The number of carbonyl (C=O) groups excluding carboxylic acids is 1. The second kappa shape index (κ2) is 8.32. The molecule has 0 unspecified atom stereocenters. The number of hydrogen-bond acceptors (Lipinski definition) is 3. The Bertz CT molecular complexity index is 402. The molecule has 1 aromatic rings. The van der Waals surface area contributed by atoms with Crippen LogP contribution in [0.4, 0.5) is 0 Å². The lowest BCUT2D eigenvalue weighted by atomic mass is 9.98. The van der Waals surface area contributed by atoms with Crippen LogP contribution in [-0.4, -0.2) is 43.4 Å². The van der Waals surface area contributed by atoms with Crippen LogP contribution in [0.1, 0.15) is 18.4 Å². The van der Waals surface area contributed by atoms with E-state index in [9.17, 15) is 4.79 Å². The molecule has 1 fully saturated rings. The maximum Gasteiger partial charge on any atom is 0.232 e. The highest BCUT2D eigenvalue weighted by Crippen LogP contribution is 2.19. The molecule has 0 aromatic heterocycles. The van der Waals surface area contributed by atoms with Crippen molar-refractivity contribution in [2.75, 3.05) is 32.6 Å². The number of thioether (sulfide) groups is 1. The summed E-state index contributed by atoms with van der Waals surface area (Å²) in [5, 5.41) is 0. The van der Waals surface area contributed by atoms with Gasteiger partial charge in [-0.15, -0.1) is 11.8 Å². The van der Waals surface area contributed by atoms with Crippen molar-refractivity contribution in [2.24, 2.45) is 5.92 Å². The standard InChI is InChI=1S/C16H23NO2S/c1-19-11-14-7-9-17(10-8-14)16(18)13-20-12-15-5-3-2-4-6-15/h2-6,14H,7-13H2,1H3. The monoisotopic (exact) mass is 293 g/mol. The summed E-state index contributed by atoms with van der Waals surface area (Å²) >= 11 is 1.70. The molecule has 0 radical (unpaired) electrons. The van der Waals surface area contributed by atoms with Crippen LogP contribution in [0.25, 0.3) is 0 Å². The van der Waals surface area contributed by atoms with Gasteiger partial charge in [-0.1, -0.05) is 30.3 Å². The van der Waals surface area contributed by atoms with Gasteiger partial charge in [0.1, 0.15) is 0 Å². The highest BCUT2D eigenvalue weighted by molar-refractivity contribution is 7.99. The minimum atomic E-state index is 0.279. The number of amides is 1. The Kier molecular flexibility index (Phi) is 6.40.